The van der Waals surface area contributed by atoms with Crippen molar-refractivity contribution in [1.29, 1.82) is 0 Å². The molecule has 0 aliphatic carbocycles. The van der Waals surface area contributed by atoms with Gasteiger partial charge in [-0.25, -0.2) is 13.9 Å². The van der Waals surface area contributed by atoms with E-state index in [2.05, 4.69) is 0 Å². The minimum atomic E-state index is -3.63. The largest absolute Gasteiger partial charge is 0.497 e. The van der Waals surface area contributed by atoms with E-state index in [1.165, 1.54) is 15.6 Å². The summed E-state index contributed by atoms with van der Waals surface area (Å²) in [5.41, 5.74) is 2.19. The van der Waals surface area contributed by atoms with E-state index in [-0.39, 0.29) is 6.42 Å². The van der Waals surface area contributed by atoms with Gasteiger partial charge in [0.2, 0.25) is 5.91 Å². The van der Waals surface area contributed by atoms with Crippen LogP contribution < -0.4 is 14.5 Å². The molecule has 27 heavy (non-hydrogen) atoms. The first-order valence-electron chi connectivity index (χ1n) is 8.62. The van der Waals surface area contributed by atoms with E-state index in [0.29, 0.717) is 35.0 Å². The van der Waals surface area contributed by atoms with Crippen LogP contribution in [0.4, 0.5) is 5.69 Å². The maximum absolute atomic E-state index is 13.0. The van der Waals surface area contributed by atoms with Crippen LogP contribution >= 0.6 is 11.3 Å². The molecule has 0 saturated heterocycles. The van der Waals surface area contributed by atoms with Crippen molar-refractivity contribution in [3.63, 3.8) is 0 Å². The Hall–Kier alpha value is -2.10. The summed E-state index contributed by atoms with van der Waals surface area (Å²) in [6, 6.07) is 10.3. The summed E-state index contributed by atoms with van der Waals surface area (Å²) in [4.78, 5) is 11.0. The zero-order valence-corrected chi connectivity index (χ0v) is 16.8. The molecule has 0 radical (unpaired) electrons. The van der Waals surface area contributed by atoms with Gasteiger partial charge in [0.25, 0.3) is 10.0 Å². The lowest BCUT2D eigenvalue weighted by Crippen LogP contribution is -2.31. The van der Waals surface area contributed by atoms with Gasteiger partial charge < -0.3 is 4.74 Å². The fourth-order valence-corrected chi connectivity index (χ4v) is 5.21. The number of unbranched alkanes of at least 4 members (excludes halogenated alkanes) is 3. The molecule has 2 N–H and O–H groups in total. The Morgan fingerprint density at radius 1 is 1.15 bits per heavy atom. The Balaban J connectivity index is 2.05. The highest BCUT2D eigenvalue weighted by Crippen LogP contribution is 2.28. The monoisotopic (exact) mass is 412 g/mol. The third-order valence-electron chi connectivity index (χ3n) is 4.04. The van der Waals surface area contributed by atoms with Gasteiger partial charge in [-0.1, -0.05) is 18.9 Å². The van der Waals surface area contributed by atoms with E-state index in [1.807, 2.05) is 0 Å². The van der Waals surface area contributed by atoms with Crippen LogP contribution in [0.2, 0.25) is 0 Å². The molecule has 0 unspecified atom stereocenters. The van der Waals surface area contributed by atoms with Gasteiger partial charge in [0.15, 0.2) is 0 Å². The lowest BCUT2D eigenvalue weighted by Gasteiger charge is -2.24. The van der Waals surface area contributed by atoms with Gasteiger partial charge in [0.05, 0.1) is 12.8 Å². The Labute approximate surface area is 163 Å². The molecule has 1 amide bonds. The van der Waals surface area contributed by atoms with E-state index >= 15 is 0 Å². The zero-order valence-electron chi connectivity index (χ0n) is 15.1. The predicted octanol–water partition coefficient (Wildman–Crippen LogP) is 3.41. The van der Waals surface area contributed by atoms with Crippen LogP contribution in [-0.2, 0) is 14.8 Å². The fourth-order valence-electron chi connectivity index (χ4n) is 2.61. The Morgan fingerprint density at radius 2 is 1.85 bits per heavy atom. The van der Waals surface area contributed by atoms with Crippen molar-refractivity contribution in [2.75, 3.05) is 18.0 Å². The third-order valence-corrected chi connectivity index (χ3v) is 7.24. The minimum absolute atomic E-state index is 0.256. The number of carbonyl (C=O) groups excluding carboxylic acids is 1. The van der Waals surface area contributed by atoms with Gasteiger partial charge in [0, 0.05) is 13.0 Å². The third kappa shape index (κ3) is 5.95. The van der Waals surface area contributed by atoms with Crippen LogP contribution in [0, 0.1) is 0 Å². The second kappa shape index (κ2) is 10.3. The number of benzene rings is 1. The second-order valence-electron chi connectivity index (χ2n) is 5.91. The number of ether oxygens (including phenoxy) is 1. The van der Waals surface area contributed by atoms with Gasteiger partial charge in [-0.05, 0) is 48.6 Å². The first-order valence-corrected chi connectivity index (χ1v) is 10.9. The summed E-state index contributed by atoms with van der Waals surface area (Å²) in [5, 5.41) is 10.2. The normalized spacial score (nSPS) is 11.2. The molecule has 9 heteroatoms. The lowest BCUT2D eigenvalue weighted by atomic mass is 10.1. The molecule has 1 aromatic carbocycles. The van der Waals surface area contributed by atoms with Crippen LogP contribution in [0.15, 0.2) is 46.0 Å². The molecule has 0 atom stereocenters. The standard InChI is InChI=1S/C18H24N2O5S2/c1-25-16-11-9-15(10-12-16)20(27(23,24)18-8-6-14-26-18)13-5-3-2-4-7-17(21)19-22/h6,8-12,14,22H,2-5,7,13H2,1H3,(H,19,21). The van der Waals surface area contributed by atoms with Crippen LogP contribution in [0.3, 0.4) is 0 Å². The van der Waals surface area contributed by atoms with Crippen LogP contribution in [0.1, 0.15) is 32.1 Å². The maximum Gasteiger partial charge on any atom is 0.273 e. The number of thiophene rings is 1. The first-order chi connectivity index (χ1) is 13.0. The molecule has 7 nitrogen and oxygen atoms in total. The van der Waals surface area contributed by atoms with E-state index < -0.39 is 15.9 Å². The van der Waals surface area contributed by atoms with Gasteiger partial charge in [-0.3, -0.25) is 14.3 Å². The molecular formula is C18H24N2O5S2. The second-order valence-corrected chi connectivity index (χ2v) is 8.94. The number of anilines is 1. The van der Waals surface area contributed by atoms with E-state index in [9.17, 15) is 13.2 Å². The number of carbonyl (C=O) groups is 1. The molecule has 2 rings (SSSR count). The van der Waals surface area contributed by atoms with Crippen molar-refractivity contribution in [2.24, 2.45) is 0 Å². The van der Waals surface area contributed by atoms with Crippen molar-refractivity contribution in [3.05, 3.63) is 41.8 Å². The van der Waals surface area contributed by atoms with Crippen LogP contribution in [0.25, 0.3) is 0 Å². The molecule has 0 spiro atoms. The topological polar surface area (TPSA) is 95.9 Å². The Bertz CT molecular complexity index is 805. The molecule has 0 fully saturated rings. The van der Waals surface area contributed by atoms with Crippen molar-refractivity contribution < 1.29 is 23.2 Å². The first kappa shape index (κ1) is 21.2. The van der Waals surface area contributed by atoms with Gasteiger partial charge in [-0.2, -0.15) is 0 Å². The van der Waals surface area contributed by atoms with Crippen LogP contribution in [0.5, 0.6) is 5.75 Å². The van der Waals surface area contributed by atoms with Crippen LogP contribution in [-0.4, -0.2) is 33.2 Å². The SMILES string of the molecule is COc1ccc(N(CCCCCCC(=O)NO)S(=O)(=O)c2cccs2)cc1. The number of methoxy groups -OCH3 is 1. The lowest BCUT2D eigenvalue weighted by molar-refractivity contribution is -0.129. The zero-order chi connectivity index (χ0) is 19.7. The van der Waals surface area contributed by atoms with E-state index in [1.54, 1.807) is 54.4 Å². The summed E-state index contributed by atoms with van der Waals surface area (Å²) in [6.45, 7) is 0.346. The smallest absolute Gasteiger partial charge is 0.273 e. The minimum Gasteiger partial charge on any atom is -0.497 e. The van der Waals surface area contributed by atoms with Gasteiger partial charge in [0.1, 0.15) is 9.96 Å². The number of sulfonamides is 1. The summed E-state index contributed by atoms with van der Waals surface area (Å²) >= 11 is 1.19. The highest BCUT2D eigenvalue weighted by molar-refractivity contribution is 7.94. The average Bonchev–Trinajstić information content (AvgIpc) is 3.23. The Kier molecular flexibility index (Phi) is 8.08. The van der Waals surface area contributed by atoms with E-state index in [0.717, 1.165) is 12.8 Å². The number of amides is 1. The number of nitrogens with zero attached hydrogens (tertiary/aromatic N) is 1. The van der Waals surface area contributed by atoms with Crippen molar-refractivity contribution >= 4 is 33.0 Å². The number of hydrogen-bond donors (Lipinski definition) is 2. The molecule has 2 aromatic rings. The number of nitrogens with one attached hydrogen (secondary N) is 1. The summed E-state index contributed by atoms with van der Waals surface area (Å²) < 4.78 is 32.9. The quantitative estimate of drug-likeness (QED) is 0.335. The molecule has 0 aliphatic rings. The average molecular weight is 413 g/mol. The molecule has 0 saturated carbocycles. The van der Waals surface area contributed by atoms with Crippen molar-refractivity contribution in [2.45, 2.75) is 36.3 Å². The molecule has 148 valence electrons. The highest BCUT2D eigenvalue weighted by atomic mass is 32.2. The molecular weight excluding hydrogens is 388 g/mol. The molecule has 1 heterocycles. The fraction of sp³-hybridized carbons (Fsp3) is 0.389. The molecule has 1 aromatic heterocycles. The van der Waals surface area contributed by atoms with Crippen molar-refractivity contribution in [1.82, 2.24) is 5.48 Å². The summed E-state index contributed by atoms with van der Waals surface area (Å²) in [7, 11) is -2.06. The Morgan fingerprint density at radius 3 is 2.44 bits per heavy atom. The predicted molar refractivity (Wildman–Crippen MR) is 105 cm³/mol. The van der Waals surface area contributed by atoms with Gasteiger partial charge >= 0.3 is 0 Å². The highest BCUT2D eigenvalue weighted by Gasteiger charge is 2.25. The van der Waals surface area contributed by atoms with Crippen molar-refractivity contribution in [3.8, 4) is 5.75 Å². The maximum atomic E-state index is 13.0. The number of hydroxylamine groups is 1. The summed E-state index contributed by atoms with van der Waals surface area (Å²) in [5.74, 6) is 0.254. The number of rotatable bonds is 11. The number of hydrogen-bond acceptors (Lipinski definition) is 6. The summed E-state index contributed by atoms with van der Waals surface area (Å²) in [6.07, 6.45) is 3.13. The van der Waals surface area contributed by atoms with E-state index in [4.69, 9.17) is 9.94 Å². The van der Waals surface area contributed by atoms with Gasteiger partial charge in [-0.15, -0.1) is 11.3 Å². The molecule has 0 bridgehead atoms. The molecule has 0 aliphatic heterocycles.